The molecule has 0 fully saturated rings. The van der Waals surface area contributed by atoms with Crippen molar-refractivity contribution in [3.63, 3.8) is 0 Å². The summed E-state index contributed by atoms with van der Waals surface area (Å²) in [5.74, 6) is 0. The summed E-state index contributed by atoms with van der Waals surface area (Å²) in [5.41, 5.74) is 0.688. The van der Waals surface area contributed by atoms with E-state index in [1.807, 2.05) is 0 Å². The topological polar surface area (TPSA) is 15.3 Å². The highest BCUT2D eigenvalue weighted by Gasteiger charge is 2.32. The molecule has 110 valence electrons. The summed E-state index contributed by atoms with van der Waals surface area (Å²) >= 11 is 0. The molecule has 0 saturated carbocycles. The second-order valence-electron chi connectivity index (χ2n) is 7.12. The third-order valence-electron chi connectivity index (χ3n) is 4.20. The van der Waals surface area contributed by atoms with Crippen LogP contribution in [0.4, 0.5) is 0 Å². The highest BCUT2D eigenvalue weighted by Crippen LogP contribution is 2.26. The highest BCUT2D eigenvalue weighted by molar-refractivity contribution is 4.92. The molecule has 1 atom stereocenters. The minimum absolute atomic E-state index is 0.232. The first-order valence-electron chi connectivity index (χ1n) is 7.61. The van der Waals surface area contributed by atoms with Gasteiger partial charge in [-0.2, -0.15) is 0 Å². The molecule has 0 aliphatic carbocycles. The smallest absolute Gasteiger partial charge is 0.0305 e. The Bertz CT molecular complexity index is 212. The fourth-order valence-electron chi connectivity index (χ4n) is 2.95. The summed E-state index contributed by atoms with van der Waals surface area (Å²) in [7, 11) is 2.10. The molecular formula is C16H36N2. The van der Waals surface area contributed by atoms with Crippen molar-refractivity contribution in [2.24, 2.45) is 5.41 Å². The molecule has 0 rings (SSSR count). The Hall–Kier alpha value is -0.0800. The van der Waals surface area contributed by atoms with Gasteiger partial charge in [0.2, 0.25) is 0 Å². The van der Waals surface area contributed by atoms with E-state index in [9.17, 15) is 0 Å². The van der Waals surface area contributed by atoms with Crippen molar-refractivity contribution in [1.29, 1.82) is 0 Å². The molecule has 0 bridgehead atoms. The predicted molar refractivity (Wildman–Crippen MR) is 83.2 cm³/mol. The Morgan fingerprint density at radius 1 is 1.00 bits per heavy atom. The van der Waals surface area contributed by atoms with E-state index < -0.39 is 0 Å². The van der Waals surface area contributed by atoms with E-state index in [0.29, 0.717) is 11.5 Å². The van der Waals surface area contributed by atoms with Crippen molar-refractivity contribution in [1.82, 2.24) is 10.2 Å². The van der Waals surface area contributed by atoms with Gasteiger partial charge in [0.05, 0.1) is 0 Å². The molecule has 0 amide bonds. The van der Waals surface area contributed by atoms with E-state index in [0.717, 1.165) is 13.1 Å². The molecule has 0 aliphatic rings. The van der Waals surface area contributed by atoms with Gasteiger partial charge in [-0.1, -0.05) is 41.0 Å². The van der Waals surface area contributed by atoms with E-state index in [1.165, 1.54) is 19.3 Å². The molecule has 1 unspecified atom stereocenters. The number of rotatable bonds is 8. The fourth-order valence-corrected chi connectivity index (χ4v) is 2.95. The first kappa shape index (κ1) is 17.9. The second-order valence-corrected chi connectivity index (χ2v) is 7.12. The fraction of sp³-hybridized carbons (Fsp3) is 1.00. The average molecular weight is 256 g/mol. The lowest BCUT2D eigenvalue weighted by atomic mass is 9.84. The number of hydrogen-bond donors (Lipinski definition) is 1. The van der Waals surface area contributed by atoms with Crippen LogP contribution in [0.1, 0.15) is 67.7 Å². The molecule has 0 aromatic heterocycles. The van der Waals surface area contributed by atoms with Crippen molar-refractivity contribution in [3.8, 4) is 0 Å². The van der Waals surface area contributed by atoms with E-state index in [4.69, 9.17) is 0 Å². The van der Waals surface area contributed by atoms with Crippen LogP contribution < -0.4 is 5.32 Å². The van der Waals surface area contributed by atoms with E-state index in [2.05, 4.69) is 65.7 Å². The van der Waals surface area contributed by atoms with Crippen LogP contribution >= 0.6 is 0 Å². The lowest BCUT2D eigenvalue weighted by Crippen LogP contribution is -2.56. The normalized spacial score (nSPS) is 15.2. The largest absolute Gasteiger partial charge is 0.315 e. The molecule has 2 nitrogen and oxygen atoms in total. The Balaban J connectivity index is 4.47. The van der Waals surface area contributed by atoms with Gasteiger partial charge in [-0.05, 0) is 52.2 Å². The molecule has 0 aliphatic heterocycles. The molecule has 18 heavy (non-hydrogen) atoms. The van der Waals surface area contributed by atoms with Gasteiger partial charge in [-0.15, -0.1) is 0 Å². The van der Waals surface area contributed by atoms with E-state index in [1.54, 1.807) is 0 Å². The standard InChI is InChI=1S/C16H36N2/c1-9-18(10-2)16(6,7)14(17-8)12-11-13-15(3,4)5/h14,17H,9-13H2,1-8H3. The monoisotopic (exact) mass is 256 g/mol. The van der Waals surface area contributed by atoms with Gasteiger partial charge >= 0.3 is 0 Å². The Morgan fingerprint density at radius 3 is 1.83 bits per heavy atom. The molecule has 2 heteroatoms. The minimum Gasteiger partial charge on any atom is -0.315 e. The first-order valence-corrected chi connectivity index (χ1v) is 7.61. The van der Waals surface area contributed by atoms with Crippen LogP contribution in [-0.2, 0) is 0 Å². The summed E-state index contributed by atoms with van der Waals surface area (Å²) in [6, 6.07) is 0.569. The van der Waals surface area contributed by atoms with Gasteiger partial charge in [-0.25, -0.2) is 0 Å². The highest BCUT2D eigenvalue weighted by atomic mass is 15.2. The van der Waals surface area contributed by atoms with Gasteiger partial charge in [-0.3, -0.25) is 4.90 Å². The third kappa shape index (κ3) is 5.71. The van der Waals surface area contributed by atoms with Gasteiger partial charge in [0.1, 0.15) is 0 Å². The van der Waals surface area contributed by atoms with Crippen molar-refractivity contribution in [2.75, 3.05) is 20.1 Å². The summed E-state index contributed by atoms with van der Waals surface area (Å²) in [6.07, 6.45) is 3.87. The van der Waals surface area contributed by atoms with Crippen molar-refractivity contribution < 1.29 is 0 Å². The predicted octanol–water partition coefficient (Wildman–Crippen LogP) is 3.91. The zero-order chi connectivity index (χ0) is 14.4. The summed E-state index contributed by atoms with van der Waals surface area (Å²) in [4.78, 5) is 2.56. The third-order valence-corrected chi connectivity index (χ3v) is 4.20. The van der Waals surface area contributed by atoms with Gasteiger partial charge in [0.25, 0.3) is 0 Å². The maximum atomic E-state index is 3.54. The zero-order valence-electron chi connectivity index (χ0n) is 14.1. The second kappa shape index (κ2) is 7.49. The van der Waals surface area contributed by atoms with Crippen molar-refractivity contribution in [2.45, 2.75) is 79.3 Å². The average Bonchev–Trinajstić information content (AvgIpc) is 2.23. The van der Waals surface area contributed by atoms with Crippen LogP contribution in [0.25, 0.3) is 0 Å². The molecule has 0 radical (unpaired) electrons. The maximum Gasteiger partial charge on any atom is 0.0305 e. The molecule has 0 aromatic carbocycles. The van der Waals surface area contributed by atoms with Crippen LogP contribution in [0.2, 0.25) is 0 Å². The quantitative estimate of drug-likeness (QED) is 0.708. The van der Waals surface area contributed by atoms with Crippen LogP contribution in [0, 0.1) is 5.41 Å². The van der Waals surface area contributed by atoms with Crippen molar-refractivity contribution >= 4 is 0 Å². The van der Waals surface area contributed by atoms with Gasteiger partial charge < -0.3 is 5.32 Å². The number of nitrogens with zero attached hydrogens (tertiary/aromatic N) is 1. The van der Waals surface area contributed by atoms with Crippen LogP contribution in [0.15, 0.2) is 0 Å². The minimum atomic E-state index is 0.232. The Morgan fingerprint density at radius 2 is 1.50 bits per heavy atom. The van der Waals surface area contributed by atoms with Crippen LogP contribution in [0.5, 0.6) is 0 Å². The molecule has 0 heterocycles. The first-order chi connectivity index (χ1) is 8.19. The molecule has 0 aromatic rings. The van der Waals surface area contributed by atoms with Crippen LogP contribution in [0.3, 0.4) is 0 Å². The number of nitrogens with one attached hydrogen (secondary N) is 1. The van der Waals surface area contributed by atoms with E-state index in [-0.39, 0.29) is 5.54 Å². The van der Waals surface area contributed by atoms with Crippen molar-refractivity contribution in [3.05, 3.63) is 0 Å². The number of hydrogen-bond acceptors (Lipinski definition) is 2. The molecule has 0 spiro atoms. The number of likely N-dealkylation sites (N-methyl/N-ethyl adjacent to an activating group) is 2. The summed E-state index contributed by atoms with van der Waals surface area (Å²) < 4.78 is 0. The lowest BCUT2D eigenvalue weighted by molar-refractivity contribution is 0.0883. The molecule has 0 saturated heterocycles. The lowest BCUT2D eigenvalue weighted by Gasteiger charge is -2.43. The zero-order valence-corrected chi connectivity index (χ0v) is 14.1. The Labute approximate surface area is 116 Å². The van der Waals surface area contributed by atoms with E-state index >= 15 is 0 Å². The van der Waals surface area contributed by atoms with Gasteiger partial charge in [0.15, 0.2) is 0 Å². The Kier molecular flexibility index (Phi) is 7.46. The SMILES string of the molecule is CCN(CC)C(C)(C)C(CCCC(C)(C)C)NC. The molecular weight excluding hydrogens is 220 g/mol. The maximum absolute atomic E-state index is 3.54. The summed E-state index contributed by atoms with van der Waals surface area (Å²) in [5, 5.41) is 3.54. The summed E-state index contributed by atoms with van der Waals surface area (Å²) in [6.45, 7) is 18.5. The van der Waals surface area contributed by atoms with Crippen LogP contribution in [-0.4, -0.2) is 36.6 Å². The van der Waals surface area contributed by atoms with Gasteiger partial charge in [0, 0.05) is 11.6 Å². The molecule has 1 N–H and O–H groups in total.